The number of nitrogens with zero attached hydrogens (tertiary/aromatic N) is 3. The van der Waals surface area contributed by atoms with E-state index in [9.17, 15) is 4.79 Å². The zero-order valence-corrected chi connectivity index (χ0v) is 15.0. The molecule has 2 aromatic rings. The smallest absolute Gasteiger partial charge is 0.309 e. The number of piperidine rings is 1. The van der Waals surface area contributed by atoms with Crippen LogP contribution >= 0.6 is 0 Å². The largest absolute Gasteiger partial charge is 0.466 e. The quantitative estimate of drug-likeness (QED) is 0.769. The Bertz CT molecular complexity index is 730. The third-order valence-corrected chi connectivity index (χ3v) is 4.58. The first-order valence-corrected chi connectivity index (χ1v) is 8.99. The molecule has 0 bridgehead atoms. The van der Waals surface area contributed by atoms with Gasteiger partial charge in [0.15, 0.2) is 11.6 Å². The zero-order valence-electron chi connectivity index (χ0n) is 15.0. The lowest BCUT2D eigenvalue weighted by molar-refractivity contribution is -0.148. The Morgan fingerprint density at radius 1 is 1.27 bits per heavy atom. The topological polar surface area (TPSA) is 93.4 Å². The molecular formula is C19H25N5O2. The maximum absolute atomic E-state index is 11.9. The molecule has 1 aromatic carbocycles. The molecule has 0 spiro atoms. The van der Waals surface area contributed by atoms with Crippen molar-refractivity contribution in [2.75, 3.05) is 35.6 Å². The molecule has 0 saturated carbocycles. The second-order valence-electron chi connectivity index (χ2n) is 6.31. The summed E-state index contributed by atoms with van der Waals surface area (Å²) >= 11 is 0. The van der Waals surface area contributed by atoms with Gasteiger partial charge in [-0.2, -0.15) is 0 Å². The molecular weight excluding hydrogens is 330 g/mol. The van der Waals surface area contributed by atoms with Crippen molar-refractivity contribution in [1.29, 1.82) is 0 Å². The highest BCUT2D eigenvalue weighted by molar-refractivity contribution is 5.76. The fourth-order valence-electron chi connectivity index (χ4n) is 3.15. The monoisotopic (exact) mass is 355 g/mol. The minimum Gasteiger partial charge on any atom is -0.466 e. The molecule has 0 unspecified atom stereocenters. The summed E-state index contributed by atoms with van der Waals surface area (Å²) in [6.45, 7) is 4.35. The van der Waals surface area contributed by atoms with Crippen LogP contribution < -0.4 is 16.0 Å². The summed E-state index contributed by atoms with van der Waals surface area (Å²) in [7, 11) is 0. The molecule has 1 fully saturated rings. The Hall–Kier alpha value is -2.83. The minimum absolute atomic E-state index is 0.0371. The van der Waals surface area contributed by atoms with Gasteiger partial charge in [-0.1, -0.05) is 30.3 Å². The highest BCUT2D eigenvalue weighted by Crippen LogP contribution is 2.30. The van der Waals surface area contributed by atoms with Crippen molar-refractivity contribution in [1.82, 2.24) is 9.97 Å². The van der Waals surface area contributed by atoms with Crippen molar-refractivity contribution in [3.05, 3.63) is 42.2 Å². The molecule has 7 heteroatoms. The number of aromatic nitrogens is 2. The molecule has 3 rings (SSSR count). The predicted octanol–water partition coefficient (Wildman–Crippen LogP) is 2.45. The summed E-state index contributed by atoms with van der Waals surface area (Å²) in [5.74, 6) is 1.21. The zero-order chi connectivity index (χ0) is 18.4. The number of benzene rings is 1. The lowest BCUT2D eigenvalue weighted by atomic mass is 9.97. The van der Waals surface area contributed by atoms with Crippen LogP contribution in [0.5, 0.6) is 0 Å². The SMILES string of the molecule is CCOC(=O)C1CCN(c2ncnc(NCc3ccccc3)c2N)CC1. The molecule has 26 heavy (non-hydrogen) atoms. The number of esters is 1. The first-order chi connectivity index (χ1) is 12.7. The van der Waals surface area contributed by atoms with Gasteiger partial charge in [-0.25, -0.2) is 9.97 Å². The van der Waals surface area contributed by atoms with Crippen LogP contribution in [0.3, 0.4) is 0 Å². The van der Waals surface area contributed by atoms with Gasteiger partial charge in [0, 0.05) is 19.6 Å². The summed E-state index contributed by atoms with van der Waals surface area (Å²) < 4.78 is 5.12. The number of hydrogen-bond acceptors (Lipinski definition) is 7. The third-order valence-electron chi connectivity index (χ3n) is 4.58. The van der Waals surface area contributed by atoms with Crippen molar-refractivity contribution < 1.29 is 9.53 Å². The summed E-state index contributed by atoms with van der Waals surface area (Å²) in [5.41, 5.74) is 7.99. The molecule has 138 valence electrons. The van der Waals surface area contributed by atoms with Crippen molar-refractivity contribution in [2.45, 2.75) is 26.3 Å². The molecule has 1 aromatic heterocycles. The fraction of sp³-hybridized carbons (Fsp3) is 0.421. The van der Waals surface area contributed by atoms with Gasteiger partial charge in [-0.15, -0.1) is 0 Å². The normalized spacial score (nSPS) is 14.9. The Balaban J connectivity index is 1.63. The summed E-state index contributed by atoms with van der Waals surface area (Å²) in [6, 6.07) is 10.1. The standard InChI is InChI=1S/C19H25N5O2/c1-2-26-19(25)15-8-10-24(11-9-15)18-16(20)17(22-13-23-18)21-12-14-6-4-3-5-7-14/h3-7,13,15H,2,8-12,20H2,1H3,(H,21,22,23). The second-order valence-corrected chi connectivity index (χ2v) is 6.31. The van der Waals surface area contributed by atoms with Crippen LogP contribution in [-0.4, -0.2) is 35.6 Å². The van der Waals surface area contributed by atoms with Crippen LogP contribution in [0.15, 0.2) is 36.7 Å². The van der Waals surface area contributed by atoms with Gasteiger partial charge in [-0.05, 0) is 25.3 Å². The molecule has 0 aliphatic carbocycles. The number of hydrogen-bond donors (Lipinski definition) is 2. The first kappa shape index (κ1) is 18.0. The van der Waals surface area contributed by atoms with E-state index in [-0.39, 0.29) is 11.9 Å². The number of anilines is 3. The summed E-state index contributed by atoms with van der Waals surface area (Å²) in [5, 5.41) is 3.28. The molecule has 1 saturated heterocycles. The van der Waals surface area contributed by atoms with E-state index in [1.807, 2.05) is 37.3 Å². The Morgan fingerprint density at radius 3 is 2.69 bits per heavy atom. The van der Waals surface area contributed by atoms with Gasteiger partial charge in [0.05, 0.1) is 12.5 Å². The van der Waals surface area contributed by atoms with Crippen LogP contribution in [0.1, 0.15) is 25.3 Å². The molecule has 1 aliphatic heterocycles. The van der Waals surface area contributed by atoms with Crippen LogP contribution in [-0.2, 0) is 16.1 Å². The summed E-state index contributed by atoms with van der Waals surface area (Å²) in [4.78, 5) is 22.6. The number of nitrogens with two attached hydrogens (primary N) is 1. The first-order valence-electron chi connectivity index (χ1n) is 8.99. The lowest BCUT2D eigenvalue weighted by Gasteiger charge is -2.32. The van der Waals surface area contributed by atoms with Gasteiger partial charge in [-0.3, -0.25) is 4.79 Å². The van der Waals surface area contributed by atoms with Crippen molar-refractivity contribution in [3.8, 4) is 0 Å². The van der Waals surface area contributed by atoms with Crippen LogP contribution in [0, 0.1) is 5.92 Å². The maximum Gasteiger partial charge on any atom is 0.309 e. The van der Waals surface area contributed by atoms with Crippen LogP contribution in [0.2, 0.25) is 0 Å². The van der Waals surface area contributed by atoms with E-state index in [4.69, 9.17) is 10.5 Å². The van der Waals surface area contributed by atoms with Crippen LogP contribution in [0.4, 0.5) is 17.3 Å². The number of ether oxygens (including phenoxy) is 1. The predicted molar refractivity (Wildman–Crippen MR) is 102 cm³/mol. The van der Waals surface area contributed by atoms with E-state index in [0.717, 1.165) is 37.3 Å². The maximum atomic E-state index is 11.9. The molecule has 3 N–H and O–H groups in total. The molecule has 2 heterocycles. The summed E-state index contributed by atoms with van der Waals surface area (Å²) in [6.07, 6.45) is 3.01. The highest BCUT2D eigenvalue weighted by Gasteiger charge is 2.27. The van der Waals surface area contributed by atoms with E-state index in [1.165, 1.54) is 6.33 Å². The highest BCUT2D eigenvalue weighted by atomic mass is 16.5. The van der Waals surface area contributed by atoms with E-state index >= 15 is 0 Å². The molecule has 0 radical (unpaired) electrons. The Labute approximate surface area is 153 Å². The number of rotatable bonds is 6. The van der Waals surface area contributed by atoms with E-state index in [2.05, 4.69) is 20.2 Å². The Kier molecular flexibility index (Phi) is 5.88. The number of nitrogen functional groups attached to an aromatic ring is 1. The van der Waals surface area contributed by atoms with E-state index in [1.54, 1.807) is 0 Å². The fourth-order valence-corrected chi connectivity index (χ4v) is 3.15. The molecule has 7 nitrogen and oxygen atoms in total. The lowest BCUT2D eigenvalue weighted by Crippen LogP contribution is -2.38. The van der Waals surface area contributed by atoms with Gasteiger partial charge < -0.3 is 20.7 Å². The van der Waals surface area contributed by atoms with Gasteiger partial charge in [0.25, 0.3) is 0 Å². The average Bonchev–Trinajstić information content (AvgIpc) is 2.68. The minimum atomic E-state index is -0.104. The van der Waals surface area contributed by atoms with Crippen molar-refractivity contribution >= 4 is 23.3 Å². The van der Waals surface area contributed by atoms with E-state index < -0.39 is 0 Å². The van der Waals surface area contributed by atoms with Gasteiger partial charge >= 0.3 is 5.97 Å². The van der Waals surface area contributed by atoms with Crippen molar-refractivity contribution in [3.63, 3.8) is 0 Å². The number of nitrogens with one attached hydrogen (secondary N) is 1. The van der Waals surface area contributed by atoms with Gasteiger partial charge in [0.2, 0.25) is 0 Å². The third kappa shape index (κ3) is 4.22. The van der Waals surface area contributed by atoms with Crippen molar-refractivity contribution in [2.24, 2.45) is 5.92 Å². The molecule has 1 aliphatic rings. The van der Waals surface area contributed by atoms with E-state index in [0.29, 0.717) is 24.7 Å². The molecule has 0 amide bonds. The molecule has 0 atom stereocenters. The number of carbonyl (C=O) groups excluding carboxylic acids is 1. The average molecular weight is 355 g/mol. The Morgan fingerprint density at radius 2 is 2.00 bits per heavy atom. The van der Waals surface area contributed by atoms with Gasteiger partial charge in [0.1, 0.15) is 12.0 Å². The second kappa shape index (κ2) is 8.51. The number of carbonyl (C=O) groups is 1. The van der Waals surface area contributed by atoms with Crippen LogP contribution in [0.25, 0.3) is 0 Å².